The van der Waals surface area contributed by atoms with Crippen LogP contribution in [0.15, 0.2) is 42.6 Å². The van der Waals surface area contributed by atoms with Gasteiger partial charge in [0.05, 0.1) is 5.69 Å². The average molecular weight is 367 g/mol. The molecule has 1 aliphatic heterocycles. The highest BCUT2D eigenvalue weighted by Crippen LogP contribution is 2.21. The Morgan fingerprint density at radius 3 is 2.67 bits per heavy atom. The summed E-state index contributed by atoms with van der Waals surface area (Å²) < 4.78 is 0. The first-order valence-corrected chi connectivity index (χ1v) is 9.17. The number of benzene rings is 1. The van der Waals surface area contributed by atoms with E-state index in [9.17, 15) is 14.7 Å². The van der Waals surface area contributed by atoms with Gasteiger partial charge in [0.25, 0.3) is 5.91 Å². The summed E-state index contributed by atoms with van der Waals surface area (Å²) in [7, 11) is 2.03. The number of hydrogen-bond acceptors (Lipinski definition) is 5. The average Bonchev–Trinajstić information content (AvgIpc) is 2.69. The smallest absolute Gasteiger partial charge is 0.253 e. The van der Waals surface area contributed by atoms with Crippen molar-refractivity contribution in [3.05, 3.63) is 53.7 Å². The van der Waals surface area contributed by atoms with Crippen LogP contribution in [-0.2, 0) is 0 Å². The number of hydrogen-bond donors (Lipinski definition) is 1. The van der Waals surface area contributed by atoms with Crippen LogP contribution < -0.4 is 0 Å². The second-order valence-electron chi connectivity index (χ2n) is 6.97. The van der Waals surface area contributed by atoms with Crippen LogP contribution >= 0.6 is 0 Å². The number of Topliss-reactive ketones (excluding diaryl/α,β-unsaturated/α-hetero) is 1. The van der Waals surface area contributed by atoms with E-state index in [-0.39, 0.29) is 24.3 Å². The quantitative estimate of drug-likeness (QED) is 0.819. The van der Waals surface area contributed by atoms with Gasteiger partial charge < -0.3 is 10.0 Å². The molecule has 1 aromatic heterocycles. The van der Waals surface area contributed by atoms with Crippen molar-refractivity contribution in [1.82, 2.24) is 14.8 Å². The number of aliphatic hydroxyl groups is 1. The molecule has 1 saturated heterocycles. The minimum absolute atomic E-state index is 0.00625. The summed E-state index contributed by atoms with van der Waals surface area (Å²) in [6, 6.07) is 11.1. The van der Waals surface area contributed by atoms with Gasteiger partial charge in [0.2, 0.25) is 0 Å². The van der Waals surface area contributed by atoms with Crippen molar-refractivity contribution < 1.29 is 14.7 Å². The number of pyridine rings is 1. The molecule has 1 amide bonds. The highest BCUT2D eigenvalue weighted by Gasteiger charge is 2.27. The Bertz CT molecular complexity index is 820. The van der Waals surface area contributed by atoms with Gasteiger partial charge in [-0.25, -0.2) is 0 Å². The Hall–Kier alpha value is -2.57. The first kappa shape index (κ1) is 19.2. The summed E-state index contributed by atoms with van der Waals surface area (Å²) >= 11 is 0. The Kier molecular flexibility index (Phi) is 5.98. The van der Waals surface area contributed by atoms with E-state index in [0.717, 1.165) is 17.8 Å². The zero-order valence-corrected chi connectivity index (χ0v) is 15.8. The SMILES string of the molecule is CC(=O)c1ccc(-c2cccc(C(=O)N3CCN(C)[C@@H](CCO)C3)c2)nc1. The summed E-state index contributed by atoms with van der Waals surface area (Å²) in [5.41, 5.74) is 2.76. The first-order valence-electron chi connectivity index (χ1n) is 9.17. The van der Waals surface area contributed by atoms with Crippen molar-refractivity contribution >= 4 is 11.7 Å². The molecule has 0 unspecified atom stereocenters. The predicted molar refractivity (Wildman–Crippen MR) is 104 cm³/mol. The summed E-state index contributed by atoms with van der Waals surface area (Å²) in [6.45, 7) is 3.72. The van der Waals surface area contributed by atoms with Crippen LogP contribution in [0.4, 0.5) is 0 Å². The lowest BCUT2D eigenvalue weighted by Crippen LogP contribution is -2.53. The third kappa shape index (κ3) is 4.40. The minimum atomic E-state index is -0.0227. The van der Waals surface area contributed by atoms with E-state index in [0.29, 0.717) is 30.6 Å². The molecule has 6 heteroatoms. The molecule has 0 radical (unpaired) electrons. The van der Waals surface area contributed by atoms with E-state index in [1.807, 2.05) is 36.2 Å². The number of aromatic nitrogens is 1. The van der Waals surface area contributed by atoms with Crippen molar-refractivity contribution in [3.8, 4) is 11.3 Å². The maximum Gasteiger partial charge on any atom is 0.253 e. The van der Waals surface area contributed by atoms with Gasteiger partial charge in [0.1, 0.15) is 0 Å². The number of nitrogens with zero attached hydrogens (tertiary/aromatic N) is 3. The van der Waals surface area contributed by atoms with Crippen molar-refractivity contribution in [2.45, 2.75) is 19.4 Å². The highest BCUT2D eigenvalue weighted by atomic mass is 16.3. The number of aliphatic hydroxyl groups excluding tert-OH is 1. The molecule has 27 heavy (non-hydrogen) atoms. The third-order valence-corrected chi connectivity index (χ3v) is 5.10. The van der Waals surface area contributed by atoms with E-state index in [4.69, 9.17) is 0 Å². The van der Waals surface area contributed by atoms with Crippen LogP contribution in [0, 0.1) is 0 Å². The predicted octanol–water partition coefficient (Wildman–Crippen LogP) is 2.09. The Morgan fingerprint density at radius 1 is 1.19 bits per heavy atom. The second-order valence-corrected chi connectivity index (χ2v) is 6.97. The molecule has 0 bridgehead atoms. The van der Waals surface area contributed by atoms with Crippen LogP contribution in [0.3, 0.4) is 0 Å². The Labute approximate surface area is 159 Å². The van der Waals surface area contributed by atoms with Gasteiger partial charge in [-0.05, 0) is 44.7 Å². The molecule has 6 nitrogen and oxygen atoms in total. The molecule has 3 rings (SSSR count). The van der Waals surface area contributed by atoms with Crippen LogP contribution in [0.1, 0.15) is 34.1 Å². The van der Waals surface area contributed by atoms with Crippen LogP contribution in [-0.4, -0.2) is 70.9 Å². The number of carbonyl (C=O) groups is 2. The lowest BCUT2D eigenvalue weighted by Gasteiger charge is -2.39. The fourth-order valence-corrected chi connectivity index (χ4v) is 3.36. The number of rotatable bonds is 5. The largest absolute Gasteiger partial charge is 0.396 e. The van der Waals surface area contributed by atoms with E-state index in [1.165, 1.54) is 6.92 Å². The van der Waals surface area contributed by atoms with Gasteiger partial charge in [0.15, 0.2) is 5.78 Å². The second kappa shape index (κ2) is 8.41. The lowest BCUT2D eigenvalue weighted by atomic mass is 10.0. The molecule has 1 N–H and O–H groups in total. The van der Waals surface area contributed by atoms with Gasteiger partial charge in [-0.15, -0.1) is 0 Å². The number of ketones is 1. The minimum Gasteiger partial charge on any atom is -0.396 e. The fourth-order valence-electron chi connectivity index (χ4n) is 3.36. The summed E-state index contributed by atoms with van der Waals surface area (Å²) in [5, 5.41) is 9.24. The van der Waals surface area contributed by atoms with Crippen molar-refractivity contribution in [2.24, 2.45) is 0 Å². The number of piperazine rings is 1. The lowest BCUT2D eigenvalue weighted by molar-refractivity contribution is 0.0500. The molecule has 0 aliphatic carbocycles. The molecule has 1 aliphatic rings. The molecule has 0 saturated carbocycles. The van der Waals surface area contributed by atoms with E-state index in [2.05, 4.69) is 9.88 Å². The molecule has 0 spiro atoms. The normalized spacial score (nSPS) is 17.7. The maximum atomic E-state index is 13.0. The zero-order valence-electron chi connectivity index (χ0n) is 15.8. The third-order valence-electron chi connectivity index (χ3n) is 5.10. The molecule has 2 aromatic rings. The Morgan fingerprint density at radius 2 is 2.00 bits per heavy atom. The first-order chi connectivity index (χ1) is 13.0. The maximum absolute atomic E-state index is 13.0. The van der Waals surface area contributed by atoms with Gasteiger partial charge in [0, 0.05) is 55.2 Å². The number of likely N-dealkylation sites (N-methyl/N-ethyl adjacent to an activating group) is 1. The molecule has 1 atom stereocenters. The molecule has 1 aromatic carbocycles. The fraction of sp³-hybridized carbons (Fsp3) is 0.381. The van der Waals surface area contributed by atoms with E-state index < -0.39 is 0 Å². The molecule has 2 heterocycles. The van der Waals surface area contributed by atoms with Crippen molar-refractivity contribution in [1.29, 1.82) is 0 Å². The molecular formula is C21H25N3O3. The van der Waals surface area contributed by atoms with Crippen molar-refractivity contribution in [2.75, 3.05) is 33.3 Å². The van der Waals surface area contributed by atoms with Gasteiger partial charge in [-0.3, -0.25) is 19.5 Å². The van der Waals surface area contributed by atoms with Crippen LogP contribution in [0.2, 0.25) is 0 Å². The van der Waals surface area contributed by atoms with E-state index >= 15 is 0 Å². The van der Waals surface area contributed by atoms with Gasteiger partial charge in [-0.2, -0.15) is 0 Å². The van der Waals surface area contributed by atoms with E-state index in [1.54, 1.807) is 18.3 Å². The van der Waals surface area contributed by atoms with Crippen LogP contribution in [0.5, 0.6) is 0 Å². The van der Waals surface area contributed by atoms with Crippen molar-refractivity contribution in [3.63, 3.8) is 0 Å². The zero-order chi connectivity index (χ0) is 19.4. The van der Waals surface area contributed by atoms with Gasteiger partial charge in [-0.1, -0.05) is 12.1 Å². The number of carbonyl (C=O) groups excluding carboxylic acids is 2. The van der Waals surface area contributed by atoms with Crippen LogP contribution in [0.25, 0.3) is 11.3 Å². The summed E-state index contributed by atoms with van der Waals surface area (Å²) in [6.07, 6.45) is 2.22. The Balaban J connectivity index is 1.78. The molecule has 142 valence electrons. The summed E-state index contributed by atoms with van der Waals surface area (Å²) in [4.78, 5) is 32.8. The highest BCUT2D eigenvalue weighted by molar-refractivity contribution is 5.96. The summed E-state index contributed by atoms with van der Waals surface area (Å²) in [5.74, 6) is -0.0290. The monoisotopic (exact) mass is 367 g/mol. The number of amides is 1. The van der Waals surface area contributed by atoms with Gasteiger partial charge >= 0.3 is 0 Å². The topological polar surface area (TPSA) is 73.7 Å². The standard InChI is InChI=1S/C21H25N3O3/c1-15(26)18-6-7-20(22-13-18)16-4-3-5-17(12-16)21(27)24-10-9-23(2)19(14-24)8-11-25/h3-7,12-13,19,25H,8-11,14H2,1-2H3/t19-/m0/s1. The molecular weight excluding hydrogens is 342 g/mol. The molecule has 1 fully saturated rings.